The van der Waals surface area contributed by atoms with E-state index in [4.69, 9.17) is 0 Å². The van der Waals surface area contributed by atoms with Crippen LogP contribution in [0.1, 0.15) is 59.3 Å². The van der Waals surface area contributed by atoms with Gasteiger partial charge in [0.1, 0.15) is 0 Å². The topological polar surface area (TPSA) is 39.7 Å². The van der Waals surface area contributed by atoms with Crippen LogP contribution in [0, 0.1) is 5.92 Å². The van der Waals surface area contributed by atoms with Crippen molar-refractivity contribution in [2.75, 3.05) is 33.2 Å². The summed E-state index contributed by atoms with van der Waals surface area (Å²) in [6.45, 7) is 11.4. The molecule has 1 fully saturated rings. The maximum atomic E-state index is 4.27. The first kappa shape index (κ1) is 22.0. The number of aliphatic imine (C=N–C) groups is 1. The molecule has 1 heterocycles. The molecule has 1 unspecified atom stereocenters. The van der Waals surface area contributed by atoms with E-state index in [0.29, 0.717) is 0 Å². The van der Waals surface area contributed by atoms with Crippen LogP contribution in [0.5, 0.6) is 0 Å². The number of rotatable bonds is 8. The molecule has 0 radical (unpaired) electrons. The van der Waals surface area contributed by atoms with Crippen molar-refractivity contribution in [1.82, 2.24) is 15.5 Å². The zero-order valence-corrected chi connectivity index (χ0v) is 17.4. The van der Waals surface area contributed by atoms with E-state index < -0.39 is 0 Å². The van der Waals surface area contributed by atoms with Crippen LogP contribution in [0.3, 0.4) is 0 Å². The number of nitrogens with zero attached hydrogens (tertiary/aromatic N) is 2. The van der Waals surface area contributed by atoms with Gasteiger partial charge in [-0.25, -0.2) is 0 Å². The van der Waals surface area contributed by atoms with Crippen molar-refractivity contribution >= 4 is 29.9 Å². The van der Waals surface area contributed by atoms with Gasteiger partial charge in [-0.05, 0) is 58.0 Å². The Labute approximate surface area is 154 Å². The number of piperidine rings is 1. The van der Waals surface area contributed by atoms with Crippen LogP contribution in [0.2, 0.25) is 0 Å². The van der Waals surface area contributed by atoms with Gasteiger partial charge in [-0.1, -0.05) is 20.3 Å². The molecule has 0 aliphatic carbocycles. The highest BCUT2D eigenvalue weighted by Gasteiger charge is 2.16. The Morgan fingerprint density at radius 3 is 2.55 bits per heavy atom. The molecule has 1 rings (SSSR count). The molecular formula is C17H37IN4. The van der Waals surface area contributed by atoms with Gasteiger partial charge in [0.25, 0.3) is 0 Å². The van der Waals surface area contributed by atoms with E-state index in [1.807, 2.05) is 7.05 Å². The van der Waals surface area contributed by atoms with Gasteiger partial charge in [-0.3, -0.25) is 4.99 Å². The molecule has 22 heavy (non-hydrogen) atoms. The lowest BCUT2D eigenvalue weighted by Gasteiger charge is -2.33. The van der Waals surface area contributed by atoms with Crippen LogP contribution < -0.4 is 10.6 Å². The first-order valence-corrected chi connectivity index (χ1v) is 8.82. The lowest BCUT2D eigenvalue weighted by atomic mass is 10.0. The van der Waals surface area contributed by atoms with Crippen molar-refractivity contribution in [2.45, 2.75) is 65.3 Å². The summed E-state index contributed by atoms with van der Waals surface area (Å²) in [5.41, 5.74) is 0. The van der Waals surface area contributed by atoms with Gasteiger partial charge in [-0.2, -0.15) is 0 Å². The first-order valence-electron chi connectivity index (χ1n) is 8.82. The second kappa shape index (κ2) is 13.4. The maximum absolute atomic E-state index is 4.27. The molecule has 5 heteroatoms. The number of unbranched alkanes of at least 4 members (excludes halogenated alkanes) is 1. The summed E-state index contributed by atoms with van der Waals surface area (Å²) in [5.74, 6) is 1.68. The van der Waals surface area contributed by atoms with Crippen LogP contribution in [0.15, 0.2) is 4.99 Å². The fourth-order valence-electron chi connectivity index (χ4n) is 2.84. The zero-order chi connectivity index (χ0) is 15.5. The molecule has 0 spiro atoms. The summed E-state index contributed by atoms with van der Waals surface area (Å²) in [6, 6.07) is 0.789. The second-order valence-electron chi connectivity index (χ2n) is 6.70. The molecule has 132 valence electrons. The normalized spacial score (nSPS) is 19.9. The minimum absolute atomic E-state index is 0. The van der Waals surface area contributed by atoms with E-state index in [1.54, 1.807) is 0 Å². The molecular weight excluding hydrogens is 387 g/mol. The van der Waals surface area contributed by atoms with E-state index >= 15 is 0 Å². The Bertz CT molecular complexity index is 294. The summed E-state index contributed by atoms with van der Waals surface area (Å²) in [4.78, 5) is 6.92. The van der Waals surface area contributed by atoms with Crippen molar-refractivity contribution in [3.8, 4) is 0 Å². The molecule has 0 bridgehead atoms. The molecule has 2 N–H and O–H groups in total. The van der Waals surface area contributed by atoms with E-state index in [1.165, 1.54) is 51.6 Å². The number of guanidine groups is 1. The first-order chi connectivity index (χ1) is 10.1. The zero-order valence-electron chi connectivity index (χ0n) is 15.0. The summed E-state index contributed by atoms with van der Waals surface area (Å²) >= 11 is 0. The Kier molecular flexibility index (Phi) is 13.4. The van der Waals surface area contributed by atoms with Gasteiger partial charge in [-0.15, -0.1) is 24.0 Å². The number of hydrogen-bond donors (Lipinski definition) is 2. The highest BCUT2D eigenvalue weighted by atomic mass is 127. The highest BCUT2D eigenvalue weighted by molar-refractivity contribution is 14.0. The third kappa shape index (κ3) is 9.87. The highest BCUT2D eigenvalue weighted by Crippen LogP contribution is 2.16. The van der Waals surface area contributed by atoms with Gasteiger partial charge < -0.3 is 15.5 Å². The van der Waals surface area contributed by atoms with Gasteiger partial charge >= 0.3 is 0 Å². The third-order valence-corrected chi connectivity index (χ3v) is 4.34. The lowest BCUT2D eigenvalue weighted by molar-refractivity contribution is 0.158. The van der Waals surface area contributed by atoms with Crippen molar-refractivity contribution in [3.05, 3.63) is 0 Å². The smallest absolute Gasteiger partial charge is 0.190 e. The molecule has 0 aromatic carbocycles. The van der Waals surface area contributed by atoms with Gasteiger partial charge in [0.15, 0.2) is 5.96 Å². The quantitative estimate of drug-likeness (QED) is 0.271. The SMILES string of the molecule is CN=C(NCCCCN1CCCCC1C)NCCC(C)C.I. The van der Waals surface area contributed by atoms with Gasteiger partial charge in [0, 0.05) is 26.2 Å². The van der Waals surface area contributed by atoms with Crippen molar-refractivity contribution in [2.24, 2.45) is 10.9 Å². The maximum Gasteiger partial charge on any atom is 0.190 e. The van der Waals surface area contributed by atoms with Crippen molar-refractivity contribution in [1.29, 1.82) is 0 Å². The minimum atomic E-state index is 0. The minimum Gasteiger partial charge on any atom is -0.356 e. The summed E-state index contributed by atoms with van der Waals surface area (Å²) < 4.78 is 0. The van der Waals surface area contributed by atoms with Crippen LogP contribution in [0.25, 0.3) is 0 Å². The average Bonchev–Trinajstić information content (AvgIpc) is 2.46. The molecule has 1 aliphatic heterocycles. The van der Waals surface area contributed by atoms with Crippen molar-refractivity contribution < 1.29 is 0 Å². The molecule has 1 saturated heterocycles. The number of hydrogen-bond acceptors (Lipinski definition) is 2. The molecule has 0 amide bonds. The van der Waals surface area contributed by atoms with Gasteiger partial charge in [0.2, 0.25) is 0 Å². The molecule has 0 aromatic rings. The van der Waals surface area contributed by atoms with E-state index in [9.17, 15) is 0 Å². The molecule has 0 saturated carbocycles. The summed E-state index contributed by atoms with van der Waals surface area (Å²) in [6.07, 6.45) is 7.86. The summed E-state index contributed by atoms with van der Waals surface area (Å²) in [7, 11) is 1.85. The fraction of sp³-hybridized carbons (Fsp3) is 0.941. The predicted molar refractivity (Wildman–Crippen MR) is 108 cm³/mol. The Hall–Kier alpha value is -0.0400. The Morgan fingerprint density at radius 1 is 1.18 bits per heavy atom. The Morgan fingerprint density at radius 2 is 1.91 bits per heavy atom. The van der Waals surface area contributed by atoms with E-state index in [-0.39, 0.29) is 24.0 Å². The lowest BCUT2D eigenvalue weighted by Crippen LogP contribution is -2.39. The van der Waals surface area contributed by atoms with Crippen LogP contribution in [0.4, 0.5) is 0 Å². The predicted octanol–water partition coefficient (Wildman–Crippen LogP) is 3.47. The van der Waals surface area contributed by atoms with E-state index in [0.717, 1.165) is 31.0 Å². The van der Waals surface area contributed by atoms with Gasteiger partial charge in [0.05, 0.1) is 0 Å². The molecule has 4 nitrogen and oxygen atoms in total. The Balaban J connectivity index is 0.00000441. The monoisotopic (exact) mass is 424 g/mol. The van der Waals surface area contributed by atoms with E-state index in [2.05, 4.69) is 41.3 Å². The number of nitrogens with one attached hydrogen (secondary N) is 2. The fourth-order valence-corrected chi connectivity index (χ4v) is 2.84. The third-order valence-electron chi connectivity index (χ3n) is 4.34. The largest absolute Gasteiger partial charge is 0.356 e. The molecule has 1 atom stereocenters. The van der Waals surface area contributed by atoms with Crippen LogP contribution >= 0.6 is 24.0 Å². The summed E-state index contributed by atoms with van der Waals surface area (Å²) in [5, 5.41) is 6.79. The number of likely N-dealkylation sites (tertiary alicyclic amines) is 1. The van der Waals surface area contributed by atoms with Crippen LogP contribution in [-0.2, 0) is 0 Å². The van der Waals surface area contributed by atoms with Crippen LogP contribution in [-0.4, -0.2) is 50.1 Å². The number of halogens is 1. The van der Waals surface area contributed by atoms with Crippen molar-refractivity contribution in [3.63, 3.8) is 0 Å². The average molecular weight is 424 g/mol. The molecule has 1 aliphatic rings. The standard InChI is InChI=1S/C17H36N4.HI/c1-15(2)10-12-20-17(18-4)19-11-6-8-14-21-13-7-5-9-16(21)3;/h15-16H,5-14H2,1-4H3,(H2,18,19,20);1H. The second-order valence-corrected chi connectivity index (χ2v) is 6.70. The molecule has 0 aromatic heterocycles.